The number of nitrogens with one attached hydrogen (secondary N) is 3. The molecule has 8 heteroatoms. The van der Waals surface area contributed by atoms with Crippen LogP contribution in [0.2, 0.25) is 5.02 Å². The highest BCUT2D eigenvalue weighted by Crippen LogP contribution is 2.23. The fourth-order valence-corrected chi connectivity index (χ4v) is 2.70. The molecule has 0 spiro atoms. The molecule has 2 rings (SSSR count). The van der Waals surface area contributed by atoms with Crippen molar-refractivity contribution in [1.82, 2.24) is 20.4 Å². The number of aromatic nitrogens is 2. The monoisotopic (exact) mass is 377 g/mol. The van der Waals surface area contributed by atoms with E-state index in [0.29, 0.717) is 29.2 Å². The van der Waals surface area contributed by atoms with Crippen LogP contribution in [0.1, 0.15) is 48.8 Å². The van der Waals surface area contributed by atoms with Crippen LogP contribution in [0.25, 0.3) is 0 Å². The molecule has 1 unspecified atom stereocenters. The van der Waals surface area contributed by atoms with Crippen molar-refractivity contribution in [1.29, 1.82) is 0 Å². The smallest absolute Gasteiger partial charge is 0.319 e. The van der Waals surface area contributed by atoms with Crippen LogP contribution in [-0.2, 0) is 7.05 Å². The van der Waals surface area contributed by atoms with Crippen molar-refractivity contribution in [2.24, 2.45) is 7.05 Å². The summed E-state index contributed by atoms with van der Waals surface area (Å²) in [7, 11) is 1.83. The number of benzene rings is 1. The molecule has 0 saturated carbocycles. The van der Waals surface area contributed by atoms with E-state index in [0.717, 1.165) is 12.1 Å². The van der Waals surface area contributed by atoms with Gasteiger partial charge in [0.25, 0.3) is 5.91 Å². The largest absolute Gasteiger partial charge is 0.352 e. The number of carbonyl (C=O) groups is 2. The van der Waals surface area contributed by atoms with E-state index in [1.54, 1.807) is 29.1 Å². The molecule has 26 heavy (non-hydrogen) atoms. The van der Waals surface area contributed by atoms with Crippen LogP contribution in [0.3, 0.4) is 0 Å². The predicted octanol–water partition coefficient (Wildman–Crippen LogP) is 3.49. The van der Waals surface area contributed by atoms with E-state index in [2.05, 4.69) is 21.0 Å². The first-order chi connectivity index (χ1) is 12.5. The fraction of sp³-hybridized carbons (Fsp3) is 0.389. The number of anilines is 1. The summed E-state index contributed by atoms with van der Waals surface area (Å²) in [5.74, 6) is -0.201. The highest BCUT2D eigenvalue weighted by atomic mass is 35.5. The molecule has 1 heterocycles. The SMILES string of the molecule is CCCNC(=O)c1ccc(Cl)c(NC(=O)NC(CC)c2ccnn2C)c1. The van der Waals surface area contributed by atoms with Crippen molar-refractivity contribution in [3.05, 3.63) is 46.7 Å². The molecule has 2 aromatic rings. The van der Waals surface area contributed by atoms with Gasteiger partial charge in [-0.05, 0) is 37.1 Å². The zero-order chi connectivity index (χ0) is 19.1. The minimum Gasteiger partial charge on any atom is -0.352 e. The summed E-state index contributed by atoms with van der Waals surface area (Å²) in [4.78, 5) is 24.5. The first kappa shape index (κ1) is 19.8. The van der Waals surface area contributed by atoms with Crippen molar-refractivity contribution in [3.8, 4) is 0 Å². The summed E-state index contributed by atoms with van der Waals surface area (Å²) in [6.45, 7) is 4.54. The topological polar surface area (TPSA) is 88.1 Å². The Bertz CT molecular complexity index is 775. The molecule has 0 radical (unpaired) electrons. The number of hydrogen-bond acceptors (Lipinski definition) is 3. The standard InChI is InChI=1S/C18H24ClN5O2/c1-4-9-20-17(25)12-6-7-13(19)15(11-12)23-18(26)22-14(5-2)16-8-10-21-24(16)3/h6-8,10-11,14H,4-5,9H2,1-3H3,(H,20,25)(H2,22,23,26). The molecule has 7 nitrogen and oxygen atoms in total. The van der Waals surface area contributed by atoms with Gasteiger partial charge in [0.05, 0.1) is 22.4 Å². The molecule has 0 aliphatic carbocycles. The van der Waals surface area contributed by atoms with Crippen LogP contribution in [0.4, 0.5) is 10.5 Å². The molecule has 0 aliphatic rings. The Morgan fingerprint density at radius 3 is 2.65 bits per heavy atom. The second-order valence-corrected chi connectivity index (χ2v) is 6.30. The number of rotatable bonds is 7. The van der Waals surface area contributed by atoms with Gasteiger partial charge >= 0.3 is 6.03 Å². The lowest BCUT2D eigenvalue weighted by Crippen LogP contribution is -2.33. The van der Waals surface area contributed by atoms with Gasteiger partial charge in [0.15, 0.2) is 0 Å². The van der Waals surface area contributed by atoms with Crippen LogP contribution in [0.5, 0.6) is 0 Å². The number of aryl methyl sites for hydroxylation is 1. The maximum Gasteiger partial charge on any atom is 0.319 e. The number of carbonyl (C=O) groups excluding carboxylic acids is 2. The third-order valence-corrected chi connectivity index (χ3v) is 4.27. The molecule has 0 bridgehead atoms. The summed E-state index contributed by atoms with van der Waals surface area (Å²) >= 11 is 6.16. The van der Waals surface area contributed by atoms with E-state index in [1.807, 2.05) is 27.0 Å². The third kappa shape index (κ3) is 4.98. The van der Waals surface area contributed by atoms with E-state index >= 15 is 0 Å². The van der Waals surface area contributed by atoms with Gasteiger partial charge in [-0.2, -0.15) is 5.10 Å². The van der Waals surface area contributed by atoms with Crippen LogP contribution >= 0.6 is 11.6 Å². The van der Waals surface area contributed by atoms with E-state index in [9.17, 15) is 9.59 Å². The molecule has 3 amide bonds. The lowest BCUT2D eigenvalue weighted by molar-refractivity contribution is 0.0953. The second-order valence-electron chi connectivity index (χ2n) is 5.89. The number of hydrogen-bond donors (Lipinski definition) is 3. The highest BCUT2D eigenvalue weighted by Gasteiger charge is 2.17. The first-order valence-corrected chi connectivity index (χ1v) is 8.97. The van der Waals surface area contributed by atoms with Gasteiger partial charge in [-0.15, -0.1) is 0 Å². The first-order valence-electron chi connectivity index (χ1n) is 8.59. The molecule has 0 saturated heterocycles. The summed E-state index contributed by atoms with van der Waals surface area (Å²) in [6, 6.07) is 6.07. The Hall–Kier alpha value is -2.54. The summed E-state index contributed by atoms with van der Waals surface area (Å²) in [6.07, 6.45) is 3.24. The van der Waals surface area contributed by atoms with Crippen LogP contribution in [-0.4, -0.2) is 28.3 Å². The van der Waals surface area contributed by atoms with Gasteiger partial charge < -0.3 is 16.0 Å². The van der Waals surface area contributed by atoms with Gasteiger partial charge in [-0.1, -0.05) is 25.4 Å². The normalized spacial score (nSPS) is 11.7. The summed E-state index contributed by atoms with van der Waals surface area (Å²) < 4.78 is 1.72. The molecule has 1 atom stereocenters. The number of halogens is 1. The Morgan fingerprint density at radius 2 is 2.04 bits per heavy atom. The zero-order valence-corrected chi connectivity index (χ0v) is 15.9. The average Bonchev–Trinajstić information content (AvgIpc) is 3.05. The zero-order valence-electron chi connectivity index (χ0n) is 15.2. The predicted molar refractivity (Wildman–Crippen MR) is 102 cm³/mol. The van der Waals surface area contributed by atoms with Crippen LogP contribution < -0.4 is 16.0 Å². The Kier molecular flexibility index (Phi) is 7.03. The Balaban J connectivity index is 2.08. The molecular formula is C18H24ClN5O2. The van der Waals surface area contributed by atoms with E-state index in [-0.39, 0.29) is 11.9 Å². The van der Waals surface area contributed by atoms with Crippen LogP contribution in [0.15, 0.2) is 30.5 Å². The van der Waals surface area contributed by atoms with E-state index in [4.69, 9.17) is 11.6 Å². The maximum atomic E-state index is 12.4. The van der Waals surface area contributed by atoms with Gasteiger partial charge in [-0.3, -0.25) is 9.48 Å². The Labute approximate surface area is 158 Å². The van der Waals surface area contributed by atoms with Gasteiger partial charge in [0, 0.05) is 25.4 Å². The molecular weight excluding hydrogens is 354 g/mol. The van der Waals surface area contributed by atoms with Crippen LogP contribution in [0, 0.1) is 0 Å². The minimum absolute atomic E-state index is 0.183. The molecule has 140 valence electrons. The van der Waals surface area contributed by atoms with Crippen molar-refractivity contribution in [2.75, 3.05) is 11.9 Å². The van der Waals surface area contributed by atoms with E-state index in [1.165, 1.54) is 0 Å². The third-order valence-electron chi connectivity index (χ3n) is 3.94. The second kappa shape index (κ2) is 9.24. The fourth-order valence-electron chi connectivity index (χ4n) is 2.53. The molecule has 1 aromatic carbocycles. The summed E-state index contributed by atoms with van der Waals surface area (Å²) in [5, 5.41) is 12.9. The average molecular weight is 378 g/mol. The highest BCUT2D eigenvalue weighted by molar-refractivity contribution is 6.33. The van der Waals surface area contributed by atoms with E-state index < -0.39 is 6.03 Å². The molecule has 3 N–H and O–H groups in total. The number of urea groups is 1. The maximum absolute atomic E-state index is 12.4. The van der Waals surface area contributed by atoms with Gasteiger partial charge in [0.1, 0.15) is 0 Å². The van der Waals surface area contributed by atoms with Gasteiger partial charge in [0.2, 0.25) is 0 Å². The Morgan fingerprint density at radius 1 is 1.27 bits per heavy atom. The van der Waals surface area contributed by atoms with Crippen molar-refractivity contribution < 1.29 is 9.59 Å². The van der Waals surface area contributed by atoms with Crippen molar-refractivity contribution in [3.63, 3.8) is 0 Å². The van der Waals surface area contributed by atoms with Crippen molar-refractivity contribution >= 4 is 29.2 Å². The van der Waals surface area contributed by atoms with Crippen molar-refractivity contribution in [2.45, 2.75) is 32.7 Å². The lowest BCUT2D eigenvalue weighted by Gasteiger charge is -2.18. The lowest BCUT2D eigenvalue weighted by atomic mass is 10.1. The number of nitrogens with zero attached hydrogens (tertiary/aromatic N) is 2. The molecule has 1 aromatic heterocycles. The molecule has 0 aliphatic heterocycles. The summed E-state index contributed by atoms with van der Waals surface area (Å²) in [5.41, 5.74) is 1.73. The molecule has 0 fully saturated rings. The number of amides is 3. The minimum atomic E-state index is -0.397. The quantitative estimate of drug-likeness (QED) is 0.690. The van der Waals surface area contributed by atoms with Gasteiger partial charge in [-0.25, -0.2) is 4.79 Å².